The fraction of sp³-hybridized carbons (Fsp3) is 0.183. The first-order valence-electron chi connectivity index (χ1n) is 44.3. The van der Waals surface area contributed by atoms with Crippen molar-refractivity contribution in [1.29, 1.82) is 0 Å². The molecule has 10 aromatic heterocycles. The molecule has 0 saturated heterocycles. The van der Waals surface area contributed by atoms with E-state index in [0.717, 1.165) is 81.1 Å². The van der Waals surface area contributed by atoms with Crippen molar-refractivity contribution < 1.29 is 14.2 Å². The number of aromatic nitrogens is 20. The maximum absolute atomic E-state index is 12.7. The summed E-state index contributed by atoms with van der Waals surface area (Å²) in [6, 6.07) is 89.9. The molecule has 1 atom stereocenters. The van der Waals surface area contributed by atoms with Crippen LogP contribution in [0.1, 0.15) is 111 Å². The average Bonchev–Trinajstić information content (AvgIpc) is 1.66. The van der Waals surface area contributed by atoms with Gasteiger partial charge in [0.2, 0.25) is 0 Å². The van der Waals surface area contributed by atoms with Crippen molar-refractivity contribution in [2.45, 2.75) is 130 Å². The summed E-state index contributed by atoms with van der Waals surface area (Å²) < 4.78 is 25.1. The highest BCUT2D eigenvalue weighted by molar-refractivity contribution is 9.10. The Bertz CT molecular complexity index is 7990. The smallest absolute Gasteiger partial charge is 0.288 e. The van der Waals surface area contributed by atoms with Crippen molar-refractivity contribution in [1.82, 2.24) is 97.9 Å². The number of H-pyrrole nitrogens is 5. The molecule has 676 valence electrons. The summed E-state index contributed by atoms with van der Waals surface area (Å²) in [7, 11) is 0. The number of hydrogen-bond donors (Lipinski definition) is 5. The average molecular weight is 1880 g/mol. The minimum absolute atomic E-state index is 0.0560. The minimum Gasteiger partial charge on any atom is -0.487 e. The van der Waals surface area contributed by atoms with Gasteiger partial charge in [0.25, 0.3) is 56.7 Å². The Morgan fingerprint density at radius 3 is 1.31 bits per heavy atom. The lowest BCUT2D eigenvalue weighted by molar-refractivity contribution is 0.0391. The van der Waals surface area contributed by atoms with Gasteiger partial charge in [-0.15, -0.1) is 11.8 Å². The zero-order chi connectivity index (χ0) is 93.2. The highest BCUT2D eigenvalue weighted by Crippen LogP contribution is 2.37. The number of hydrogen-bond acceptors (Lipinski definition) is 20. The molecule has 1 unspecified atom stereocenters. The van der Waals surface area contributed by atoms with Gasteiger partial charge in [0, 0.05) is 74.5 Å². The Morgan fingerprint density at radius 1 is 0.393 bits per heavy atom. The molecule has 0 radical (unpaired) electrons. The molecule has 10 heterocycles. The van der Waals surface area contributed by atoms with Gasteiger partial charge in [-0.2, -0.15) is 47.5 Å². The summed E-state index contributed by atoms with van der Waals surface area (Å²) in [5.74, 6) is 7.09. The first-order valence-corrected chi connectivity index (χ1v) is 46.1. The third kappa shape index (κ3) is 20.7. The van der Waals surface area contributed by atoms with Gasteiger partial charge in [0.15, 0.2) is 29.1 Å². The molecule has 29 nitrogen and oxygen atoms in total. The van der Waals surface area contributed by atoms with Crippen LogP contribution in [0.25, 0.3) is 85.8 Å². The van der Waals surface area contributed by atoms with E-state index in [2.05, 4.69) is 198 Å². The van der Waals surface area contributed by atoms with E-state index < -0.39 is 0 Å². The second-order valence-electron chi connectivity index (χ2n) is 32.8. The fourth-order valence-electron chi connectivity index (χ4n) is 15.8. The van der Waals surface area contributed by atoms with Crippen LogP contribution in [-0.4, -0.2) is 104 Å². The van der Waals surface area contributed by atoms with E-state index in [4.69, 9.17) is 14.2 Å². The van der Waals surface area contributed by atoms with Crippen LogP contribution in [0.3, 0.4) is 0 Å². The number of nitrogens with one attached hydrogen (secondary N) is 5. The molecular weight excluding hydrogens is 1780 g/mol. The second-order valence-corrected chi connectivity index (χ2v) is 34.6. The summed E-state index contributed by atoms with van der Waals surface area (Å²) in [5, 5.41) is 15.1. The quantitative estimate of drug-likeness (QED) is 0.0393. The Morgan fingerprint density at radius 2 is 0.807 bits per heavy atom. The van der Waals surface area contributed by atoms with Crippen molar-refractivity contribution in [3.63, 3.8) is 0 Å². The standard InChI is InChI=1S/C22H21N5O.C21H18N4O2.C21H20N4O2.C20H17BrN4O2.C20H18N4OS/c1-15-6-5-9-19(12-15)26(18-10-11-18)14-17-13-20(28)27-22(23-17)24-21(25-27)16-7-3-2-4-8-16;26-19-12-16(13-27-18-11-10-14-6-4-5-9-17(14)18)22-21-23-20(24-25(19)21)15-7-2-1-3-8-15;1-3-17-14(2)8-7-11-18(17)27-13-16-12-19(26)25-21(22-16)23-20(24-25)15-9-5-4-6-10-15;1-12-7-6-10-16(13(12)2)27-11-15-17(21)19(26)25-20(22-15)23-18(24-25)14-8-4-3-5-9-14;1-13-7-6-10-17(14(13)2)26-12-16-11-18(25)24-20(21-16)22-19(23-24)15-8-4-3-5-9-15/h2-9,12-13,18H,10-11,14H2,1H3,(H,23,24,25);1-9,12,18H,10-11,13H2,(H,22,23,24);4-12H,3,13H2,1-2H3,(H,22,23,24);3-10H,11H2,1-2H3,(H,22,23,24);3-11H,12H2,1-2H3,(H,21,22,23). The van der Waals surface area contributed by atoms with Gasteiger partial charge in [-0.25, -0.2) is 24.9 Å². The second kappa shape index (κ2) is 40.5. The number of aromatic amines is 5. The molecule has 1 saturated carbocycles. The third-order valence-electron chi connectivity index (χ3n) is 23.4. The Balaban J connectivity index is 0.000000113. The predicted octanol–water partition coefficient (Wildman–Crippen LogP) is 18.4. The molecule has 0 amide bonds. The lowest BCUT2D eigenvalue weighted by Crippen LogP contribution is -2.27. The van der Waals surface area contributed by atoms with Crippen LogP contribution in [0, 0.1) is 41.5 Å². The van der Waals surface area contributed by atoms with Gasteiger partial charge >= 0.3 is 0 Å². The molecule has 22 rings (SSSR count). The number of ether oxygens (including phenoxy) is 3. The van der Waals surface area contributed by atoms with Gasteiger partial charge in [-0.05, 0) is 170 Å². The van der Waals surface area contributed by atoms with Crippen molar-refractivity contribution >= 4 is 62.3 Å². The van der Waals surface area contributed by atoms with Crippen LogP contribution in [0.5, 0.6) is 11.5 Å². The summed E-state index contributed by atoms with van der Waals surface area (Å²) in [6.45, 7) is 15.8. The van der Waals surface area contributed by atoms with Crippen LogP contribution in [-0.2, 0) is 49.7 Å². The molecule has 5 N–H and O–H groups in total. The highest BCUT2D eigenvalue weighted by Gasteiger charge is 2.31. The van der Waals surface area contributed by atoms with E-state index in [-0.39, 0.29) is 53.7 Å². The number of nitrogens with zero attached hydrogens (tertiary/aromatic N) is 16. The van der Waals surface area contributed by atoms with Crippen molar-refractivity contribution in [3.8, 4) is 68.4 Å². The van der Waals surface area contributed by atoms with E-state index in [0.29, 0.717) is 97.9 Å². The fourth-order valence-corrected chi connectivity index (χ4v) is 17.2. The molecule has 1 fully saturated rings. The largest absolute Gasteiger partial charge is 0.487 e. The van der Waals surface area contributed by atoms with Gasteiger partial charge in [-0.3, -0.25) is 49.5 Å². The van der Waals surface area contributed by atoms with Gasteiger partial charge in [0.05, 0.1) is 42.0 Å². The maximum Gasteiger partial charge on any atom is 0.288 e. The monoisotopic (exact) mass is 1880 g/mol. The van der Waals surface area contributed by atoms with E-state index in [1.54, 1.807) is 23.9 Å². The van der Waals surface area contributed by atoms with E-state index in [9.17, 15) is 24.0 Å². The zero-order valence-corrected chi connectivity index (χ0v) is 77.4. The maximum atomic E-state index is 12.7. The van der Waals surface area contributed by atoms with Crippen LogP contribution < -0.4 is 42.2 Å². The molecule has 31 heteroatoms. The number of anilines is 1. The number of thioether (sulfide) groups is 1. The Kier molecular flexibility index (Phi) is 26.9. The van der Waals surface area contributed by atoms with Crippen molar-refractivity contribution in [2.24, 2.45) is 0 Å². The number of benzene rings is 10. The highest BCUT2D eigenvalue weighted by atomic mass is 79.9. The first-order chi connectivity index (χ1) is 65.8. The van der Waals surface area contributed by atoms with Crippen LogP contribution in [0.2, 0.25) is 0 Å². The lowest BCUT2D eigenvalue weighted by Gasteiger charge is -2.24. The molecular formula is C104H94BrN21O8S. The summed E-state index contributed by atoms with van der Waals surface area (Å²) >= 11 is 5.04. The summed E-state index contributed by atoms with van der Waals surface area (Å²) in [5.41, 5.74) is 18.8. The minimum atomic E-state index is -0.255. The van der Waals surface area contributed by atoms with Gasteiger partial charge in [-0.1, -0.05) is 231 Å². The van der Waals surface area contributed by atoms with Crippen molar-refractivity contribution in [3.05, 3.63) is 414 Å². The third-order valence-corrected chi connectivity index (χ3v) is 25.4. The van der Waals surface area contributed by atoms with Crippen LogP contribution >= 0.6 is 27.7 Å². The molecule has 10 aromatic carbocycles. The van der Waals surface area contributed by atoms with Crippen LogP contribution in [0.4, 0.5) is 5.69 Å². The van der Waals surface area contributed by atoms with E-state index in [1.165, 1.54) is 97.1 Å². The number of fused-ring (bicyclic) bond motifs is 6. The first kappa shape index (κ1) is 89.7. The molecule has 2 aliphatic carbocycles. The normalized spacial score (nSPS) is 12.6. The SMILES string of the molecule is CCc1c(C)cccc1OCc1cc(=O)n2[nH]c(-c3ccccc3)nc2n1.Cc1cccc(N(Cc2cc(=O)n3[nH]c(-c4ccccc4)nc3n2)C2CC2)c1.Cc1cccc(OCc2nc3nc(-c4ccccc4)[nH]n3c(=O)c2Br)c1C.Cc1cccc(SCc2cc(=O)n3[nH]c(-c4ccccc4)nc3n2)c1C.O=c1cc(COC2CCc3ccccc32)nc2nc(-c3ccccc3)[nH]n12. The summed E-state index contributed by atoms with van der Waals surface area (Å²) in [4.78, 5) is 111. The molecule has 0 bridgehead atoms. The van der Waals surface area contributed by atoms with Gasteiger partial charge < -0.3 is 19.1 Å². The predicted molar refractivity (Wildman–Crippen MR) is 526 cm³/mol. The zero-order valence-electron chi connectivity index (χ0n) is 75.0. The number of aryl methyl sites for hydroxylation is 5. The number of rotatable bonds is 22. The molecule has 2 aliphatic rings. The van der Waals surface area contributed by atoms with Gasteiger partial charge in [0.1, 0.15) is 34.9 Å². The number of halogens is 1. The molecule has 20 aromatic rings. The molecule has 0 aliphatic heterocycles. The van der Waals surface area contributed by atoms with Crippen LogP contribution in [0.15, 0.2) is 312 Å². The Labute approximate surface area is 786 Å². The topological polar surface area (TPSA) is 346 Å². The Hall–Kier alpha value is -15.9. The summed E-state index contributed by atoms with van der Waals surface area (Å²) in [6.07, 6.45) is 5.28. The van der Waals surface area contributed by atoms with E-state index in [1.807, 2.05) is 202 Å². The molecule has 0 spiro atoms. The molecule has 135 heavy (non-hydrogen) atoms. The van der Waals surface area contributed by atoms with Crippen molar-refractivity contribution in [2.75, 3.05) is 4.90 Å². The lowest BCUT2D eigenvalue weighted by atomic mass is 10.1. The van der Waals surface area contributed by atoms with E-state index >= 15 is 0 Å².